The molecule has 3 rings (SSSR count). The first-order valence-corrected chi connectivity index (χ1v) is 7.18. The summed E-state index contributed by atoms with van der Waals surface area (Å²) in [6.45, 7) is 0. The average molecular weight is 294 g/mol. The number of halogens is 2. The summed E-state index contributed by atoms with van der Waals surface area (Å²) in [6.07, 6.45) is 3.53. The largest absolute Gasteiger partial charge is 0.439 e. The summed E-state index contributed by atoms with van der Waals surface area (Å²) in [4.78, 5) is 4.29. The zero-order chi connectivity index (χ0) is 13.2. The van der Waals surface area contributed by atoms with Crippen molar-refractivity contribution >= 4 is 23.2 Å². The van der Waals surface area contributed by atoms with E-state index in [1.807, 2.05) is 6.07 Å². The van der Waals surface area contributed by atoms with E-state index in [9.17, 15) is 0 Å². The lowest BCUT2D eigenvalue weighted by molar-refractivity contribution is 0.461. The van der Waals surface area contributed by atoms with Crippen molar-refractivity contribution in [2.75, 3.05) is 0 Å². The molecule has 1 aromatic heterocycles. The second kappa shape index (κ2) is 5.40. The molecule has 0 radical (unpaired) electrons. The van der Waals surface area contributed by atoms with Crippen LogP contribution in [0.1, 0.15) is 23.2 Å². The smallest absolute Gasteiger partial charge is 0.219 e. The van der Waals surface area contributed by atoms with Gasteiger partial charge in [-0.25, -0.2) is 4.98 Å². The molecule has 0 spiro atoms. The van der Waals surface area contributed by atoms with Crippen molar-refractivity contribution in [3.8, 4) is 11.6 Å². The molecule has 0 N–H and O–H groups in total. The number of aromatic nitrogens is 1. The van der Waals surface area contributed by atoms with Crippen LogP contribution >= 0.6 is 23.2 Å². The van der Waals surface area contributed by atoms with Gasteiger partial charge in [-0.1, -0.05) is 17.7 Å². The van der Waals surface area contributed by atoms with E-state index < -0.39 is 0 Å². The van der Waals surface area contributed by atoms with Gasteiger partial charge < -0.3 is 4.74 Å². The van der Waals surface area contributed by atoms with Gasteiger partial charge in [0.15, 0.2) is 0 Å². The summed E-state index contributed by atoms with van der Waals surface area (Å²) >= 11 is 11.8. The van der Waals surface area contributed by atoms with Crippen LogP contribution in [-0.2, 0) is 18.7 Å². The molecule has 0 saturated carbocycles. The molecular formula is C15H13Cl2NO. The lowest BCUT2D eigenvalue weighted by Gasteiger charge is -2.08. The third-order valence-corrected chi connectivity index (χ3v) is 3.91. The van der Waals surface area contributed by atoms with Crippen LogP contribution in [0, 0.1) is 0 Å². The summed E-state index contributed by atoms with van der Waals surface area (Å²) in [7, 11) is 0. The van der Waals surface area contributed by atoms with E-state index in [2.05, 4.69) is 17.1 Å². The Morgan fingerprint density at radius 2 is 1.95 bits per heavy atom. The van der Waals surface area contributed by atoms with Crippen molar-refractivity contribution in [1.29, 1.82) is 0 Å². The van der Waals surface area contributed by atoms with Gasteiger partial charge in [-0.05, 0) is 48.6 Å². The second-order valence-electron chi connectivity index (χ2n) is 4.60. The monoisotopic (exact) mass is 293 g/mol. The van der Waals surface area contributed by atoms with Gasteiger partial charge in [0.2, 0.25) is 5.88 Å². The minimum Gasteiger partial charge on any atom is -0.439 e. The van der Waals surface area contributed by atoms with Crippen LogP contribution < -0.4 is 4.74 Å². The summed E-state index contributed by atoms with van der Waals surface area (Å²) in [5.41, 5.74) is 3.45. The highest BCUT2D eigenvalue weighted by Gasteiger charge is 2.12. The number of aryl methyl sites for hydroxylation is 2. The van der Waals surface area contributed by atoms with E-state index in [1.54, 1.807) is 12.1 Å². The van der Waals surface area contributed by atoms with Crippen LogP contribution in [0.15, 0.2) is 30.3 Å². The van der Waals surface area contributed by atoms with Gasteiger partial charge in [0.1, 0.15) is 5.75 Å². The van der Waals surface area contributed by atoms with Crippen LogP contribution in [0.5, 0.6) is 11.6 Å². The van der Waals surface area contributed by atoms with Crippen LogP contribution in [0.2, 0.25) is 5.02 Å². The maximum absolute atomic E-state index is 5.97. The summed E-state index contributed by atoms with van der Waals surface area (Å²) < 4.78 is 5.77. The molecule has 2 aromatic rings. The zero-order valence-corrected chi connectivity index (χ0v) is 11.8. The van der Waals surface area contributed by atoms with Crippen molar-refractivity contribution in [2.45, 2.75) is 25.1 Å². The Bertz CT molecular complexity index is 604. The Labute approximate surface area is 122 Å². The molecule has 0 amide bonds. The van der Waals surface area contributed by atoms with Gasteiger partial charge in [-0.15, -0.1) is 11.6 Å². The molecule has 98 valence electrons. The molecule has 0 unspecified atom stereocenters. The molecule has 0 fully saturated rings. The fourth-order valence-corrected chi connectivity index (χ4v) is 2.79. The summed E-state index contributed by atoms with van der Waals surface area (Å²) in [6, 6.07) is 9.73. The lowest BCUT2D eigenvalue weighted by atomic mass is 10.1. The van der Waals surface area contributed by atoms with Gasteiger partial charge in [0.05, 0.1) is 16.6 Å². The lowest BCUT2D eigenvalue weighted by Crippen LogP contribution is -1.93. The highest BCUT2D eigenvalue weighted by atomic mass is 35.5. The van der Waals surface area contributed by atoms with Crippen LogP contribution in [-0.4, -0.2) is 4.98 Å². The number of benzene rings is 1. The molecule has 1 aliphatic carbocycles. The second-order valence-corrected chi connectivity index (χ2v) is 5.27. The first-order valence-electron chi connectivity index (χ1n) is 6.27. The number of ether oxygens (including phenoxy) is 1. The van der Waals surface area contributed by atoms with Gasteiger partial charge in [-0.2, -0.15) is 0 Å². The maximum Gasteiger partial charge on any atom is 0.219 e. The normalized spacial score (nSPS) is 13.4. The van der Waals surface area contributed by atoms with E-state index in [1.165, 1.54) is 24.0 Å². The standard InChI is InChI=1S/C15H13Cl2NO/c16-9-14-13(17)6-7-15(18-14)19-12-5-4-10-2-1-3-11(10)8-12/h4-8H,1-3,9H2. The van der Waals surface area contributed by atoms with Crippen molar-refractivity contribution in [3.63, 3.8) is 0 Å². The molecule has 1 heterocycles. The number of nitrogens with zero attached hydrogens (tertiary/aromatic N) is 1. The van der Waals surface area contributed by atoms with E-state index >= 15 is 0 Å². The van der Waals surface area contributed by atoms with Gasteiger partial charge in [0.25, 0.3) is 0 Å². The van der Waals surface area contributed by atoms with Crippen molar-refractivity contribution in [2.24, 2.45) is 0 Å². The van der Waals surface area contributed by atoms with E-state index in [4.69, 9.17) is 27.9 Å². The number of alkyl halides is 1. The number of rotatable bonds is 3. The van der Waals surface area contributed by atoms with Crippen molar-refractivity contribution < 1.29 is 4.74 Å². The molecule has 0 saturated heterocycles. The third kappa shape index (κ3) is 2.70. The number of fused-ring (bicyclic) bond motifs is 1. The first-order chi connectivity index (χ1) is 9.26. The molecule has 19 heavy (non-hydrogen) atoms. The SMILES string of the molecule is ClCc1nc(Oc2ccc3c(c2)CCC3)ccc1Cl. The van der Waals surface area contributed by atoms with Crippen LogP contribution in [0.4, 0.5) is 0 Å². The number of hydrogen-bond donors (Lipinski definition) is 0. The molecule has 4 heteroatoms. The molecule has 1 aromatic carbocycles. The molecular weight excluding hydrogens is 281 g/mol. The van der Waals surface area contributed by atoms with Gasteiger partial charge >= 0.3 is 0 Å². The fraction of sp³-hybridized carbons (Fsp3) is 0.267. The fourth-order valence-electron chi connectivity index (χ4n) is 2.35. The van der Waals surface area contributed by atoms with E-state index in [0.29, 0.717) is 16.6 Å². The summed E-state index contributed by atoms with van der Waals surface area (Å²) in [5.74, 6) is 1.62. The van der Waals surface area contributed by atoms with E-state index in [0.717, 1.165) is 12.2 Å². The highest BCUT2D eigenvalue weighted by Crippen LogP contribution is 2.29. The maximum atomic E-state index is 5.97. The zero-order valence-electron chi connectivity index (χ0n) is 10.3. The summed E-state index contributed by atoms with van der Waals surface area (Å²) in [5, 5.41) is 0.566. The molecule has 1 aliphatic rings. The minimum absolute atomic E-state index is 0.278. The Morgan fingerprint density at radius 1 is 1.11 bits per heavy atom. The molecule has 0 bridgehead atoms. The predicted octanol–water partition coefficient (Wildman–Crippen LogP) is 4.75. The minimum atomic E-state index is 0.278. The van der Waals surface area contributed by atoms with Crippen LogP contribution in [0.3, 0.4) is 0 Å². The quantitative estimate of drug-likeness (QED) is 0.762. The first kappa shape index (κ1) is 12.8. The van der Waals surface area contributed by atoms with Gasteiger partial charge in [0, 0.05) is 6.07 Å². The Kier molecular flexibility index (Phi) is 3.63. The van der Waals surface area contributed by atoms with Crippen molar-refractivity contribution in [3.05, 3.63) is 52.2 Å². The molecule has 0 atom stereocenters. The Hall–Kier alpha value is -1.25. The Balaban J connectivity index is 1.85. The van der Waals surface area contributed by atoms with E-state index in [-0.39, 0.29) is 5.88 Å². The predicted molar refractivity (Wildman–Crippen MR) is 77.3 cm³/mol. The average Bonchev–Trinajstić information content (AvgIpc) is 2.88. The van der Waals surface area contributed by atoms with Crippen LogP contribution in [0.25, 0.3) is 0 Å². The third-order valence-electron chi connectivity index (χ3n) is 3.31. The Morgan fingerprint density at radius 3 is 2.79 bits per heavy atom. The molecule has 2 nitrogen and oxygen atoms in total. The molecule has 0 aliphatic heterocycles. The highest BCUT2D eigenvalue weighted by molar-refractivity contribution is 6.32. The number of hydrogen-bond acceptors (Lipinski definition) is 2. The number of pyridine rings is 1. The van der Waals surface area contributed by atoms with Crippen molar-refractivity contribution in [1.82, 2.24) is 4.98 Å². The van der Waals surface area contributed by atoms with Gasteiger partial charge in [-0.3, -0.25) is 0 Å². The topological polar surface area (TPSA) is 22.1 Å².